The smallest absolute Gasteiger partial charge is 0.200 e. The van der Waals surface area contributed by atoms with Crippen LogP contribution in [0.4, 0.5) is 0 Å². The fraction of sp³-hybridized carbons (Fsp3) is 0.200. The highest BCUT2D eigenvalue weighted by Gasteiger charge is 2.39. The third kappa shape index (κ3) is 4.51. The lowest BCUT2D eigenvalue weighted by Gasteiger charge is -2.35. The molecule has 0 saturated heterocycles. The summed E-state index contributed by atoms with van der Waals surface area (Å²) in [5.41, 5.74) is -0.212. The molecule has 0 unspecified atom stereocenters. The van der Waals surface area contributed by atoms with E-state index in [0.29, 0.717) is 0 Å². The van der Waals surface area contributed by atoms with Gasteiger partial charge in [-0.05, 0) is 23.8 Å². The van der Waals surface area contributed by atoms with E-state index in [0.717, 1.165) is 30.3 Å². The topological polar surface area (TPSA) is 241 Å². The van der Waals surface area contributed by atoms with E-state index in [1.807, 2.05) is 0 Å². The second kappa shape index (κ2) is 9.86. The van der Waals surface area contributed by atoms with Crippen molar-refractivity contribution >= 4 is 0 Å². The van der Waals surface area contributed by atoms with Crippen LogP contribution in [-0.2, 0) is 12.8 Å². The number of aromatic hydroxyl groups is 9. The molecule has 0 aliphatic carbocycles. The number of hydrogen-bond acceptors (Lipinski definition) is 13. The van der Waals surface area contributed by atoms with Gasteiger partial charge in [-0.3, -0.25) is 0 Å². The summed E-state index contributed by atoms with van der Waals surface area (Å²) in [6, 6.07) is 7.59. The molecule has 0 saturated carbocycles. The Hall–Kier alpha value is -5.40. The van der Waals surface area contributed by atoms with E-state index < -0.39 is 53.2 Å². The molecule has 224 valence electrons. The maximum Gasteiger partial charge on any atom is 0.200 e. The maximum absolute atomic E-state index is 11.2. The van der Waals surface area contributed by atoms with Crippen LogP contribution < -0.4 is 9.47 Å². The van der Waals surface area contributed by atoms with Crippen LogP contribution >= 0.6 is 0 Å². The lowest BCUT2D eigenvalue weighted by Crippen LogP contribution is -2.32. The van der Waals surface area contributed by atoms with Gasteiger partial charge in [0.15, 0.2) is 35.2 Å². The molecule has 4 aromatic rings. The number of phenols is 9. The molecule has 0 spiro atoms. The first-order valence-electron chi connectivity index (χ1n) is 13.0. The number of rotatable bonds is 3. The van der Waals surface area contributed by atoms with Crippen LogP contribution in [-0.4, -0.2) is 68.4 Å². The molecule has 4 atom stereocenters. The largest absolute Gasteiger partial charge is 0.508 e. The molecule has 0 fully saturated rings. The lowest BCUT2D eigenvalue weighted by atomic mass is 9.84. The van der Waals surface area contributed by atoms with Crippen LogP contribution in [0.3, 0.4) is 0 Å². The van der Waals surface area contributed by atoms with Gasteiger partial charge in [-0.1, -0.05) is 0 Å². The number of aliphatic hydroxyl groups excluding tert-OH is 2. The van der Waals surface area contributed by atoms with Gasteiger partial charge in [0.1, 0.15) is 34.5 Å². The summed E-state index contributed by atoms with van der Waals surface area (Å²) in [6.45, 7) is 0. The van der Waals surface area contributed by atoms with E-state index in [9.17, 15) is 56.2 Å². The Labute approximate surface area is 242 Å². The standard InChI is InChI=1S/C30H26O13/c31-10-1-17(33)14-7-22(38)29(42-24(14)3-10)13-6-20(36)19(35)5-12(13)26-16(9-21(37)27(40)28(26)41)30-23(39)8-15-18(34)2-11(32)4-25(15)43-30/h1-6,9,22-23,29-41H,7-8H2/t22-,23-,29-,30-/m1/s1. The van der Waals surface area contributed by atoms with Crippen molar-refractivity contribution in [2.45, 2.75) is 37.3 Å². The number of aliphatic hydroxyl groups is 2. The molecule has 13 nitrogen and oxygen atoms in total. The number of fused-ring (bicyclic) bond motifs is 2. The van der Waals surface area contributed by atoms with Crippen LogP contribution in [0.15, 0.2) is 42.5 Å². The lowest BCUT2D eigenvalue weighted by molar-refractivity contribution is 0.0189. The quantitative estimate of drug-likeness (QED) is 0.153. The van der Waals surface area contributed by atoms with Gasteiger partial charge >= 0.3 is 0 Å². The molecule has 0 aromatic heterocycles. The molecule has 2 aliphatic rings. The highest BCUT2D eigenvalue weighted by atomic mass is 16.5. The molecule has 11 N–H and O–H groups in total. The highest BCUT2D eigenvalue weighted by Crippen LogP contribution is 2.54. The molecule has 13 heteroatoms. The molecule has 0 amide bonds. The van der Waals surface area contributed by atoms with Gasteiger partial charge in [0.05, 0.1) is 12.2 Å². The fourth-order valence-corrected chi connectivity index (χ4v) is 5.67. The van der Waals surface area contributed by atoms with Crippen molar-refractivity contribution in [2.24, 2.45) is 0 Å². The van der Waals surface area contributed by atoms with Crippen LogP contribution in [0, 0.1) is 0 Å². The fourth-order valence-electron chi connectivity index (χ4n) is 5.67. The van der Waals surface area contributed by atoms with E-state index in [2.05, 4.69) is 0 Å². The van der Waals surface area contributed by atoms with E-state index in [-0.39, 0.29) is 80.7 Å². The summed E-state index contributed by atoms with van der Waals surface area (Å²) in [7, 11) is 0. The third-order valence-corrected chi connectivity index (χ3v) is 7.69. The predicted octanol–water partition coefficient (Wildman–Crippen LogP) is 2.78. The first-order valence-corrected chi connectivity index (χ1v) is 13.0. The van der Waals surface area contributed by atoms with E-state index >= 15 is 0 Å². The zero-order chi connectivity index (χ0) is 30.9. The predicted molar refractivity (Wildman–Crippen MR) is 146 cm³/mol. The second-order valence-electron chi connectivity index (χ2n) is 10.5. The zero-order valence-corrected chi connectivity index (χ0v) is 22.0. The van der Waals surface area contributed by atoms with E-state index in [1.54, 1.807) is 0 Å². The molecule has 6 rings (SSSR count). The summed E-state index contributed by atoms with van der Waals surface area (Å²) < 4.78 is 11.8. The van der Waals surface area contributed by atoms with Crippen LogP contribution in [0.25, 0.3) is 11.1 Å². The van der Waals surface area contributed by atoms with E-state index in [4.69, 9.17) is 9.47 Å². The van der Waals surface area contributed by atoms with Crippen molar-refractivity contribution in [1.82, 2.24) is 0 Å². The van der Waals surface area contributed by atoms with Crippen molar-refractivity contribution in [3.8, 4) is 74.4 Å². The average molecular weight is 595 g/mol. The highest BCUT2D eigenvalue weighted by molar-refractivity contribution is 5.83. The molecule has 0 bridgehead atoms. The Morgan fingerprint density at radius 1 is 0.488 bits per heavy atom. The third-order valence-electron chi connectivity index (χ3n) is 7.69. The molecule has 0 radical (unpaired) electrons. The van der Waals surface area contributed by atoms with Crippen molar-refractivity contribution in [3.05, 3.63) is 64.7 Å². The van der Waals surface area contributed by atoms with Crippen LogP contribution in [0.1, 0.15) is 34.5 Å². The molecule has 2 aliphatic heterocycles. The average Bonchev–Trinajstić information content (AvgIpc) is 2.93. The van der Waals surface area contributed by atoms with Gasteiger partial charge in [0.2, 0.25) is 5.75 Å². The van der Waals surface area contributed by atoms with Gasteiger partial charge in [0.25, 0.3) is 0 Å². The van der Waals surface area contributed by atoms with Gasteiger partial charge in [0, 0.05) is 64.9 Å². The minimum absolute atomic E-state index is 0.00609. The maximum atomic E-state index is 11.2. The van der Waals surface area contributed by atoms with E-state index in [1.165, 1.54) is 12.1 Å². The summed E-state index contributed by atoms with van der Waals surface area (Å²) in [6.07, 6.45) is -5.87. The van der Waals surface area contributed by atoms with Crippen molar-refractivity contribution in [3.63, 3.8) is 0 Å². The Bertz CT molecular complexity index is 1780. The molecular formula is C30H26O13. The normalized spacial score (nSPS) is 20.9. The molecule has 43 heavy (non-hydrogen) atoms. The summed E-state index contributed by atoms with van der Waals surface area (Å²) in [5, 5.41) is 116. The number of hydrogen-bond donors (Lipinski definition) is 11. The Morgan fingerprint density at radius 3 is 1.49 bits per heavy atom. The van der Waals surface area contributed by atoms with Gasteiger partial charge in [-0.25, -0.2) is 0 Å². The summed E-state index contributed by atoms with van der Waals surface area (Å²) in [4.78, 5) is 0. The first kappa shape index (κ1) is 27.8. The Balaban J connectivity index is 1.55. The SMILES string of the molecule is Oc1cc(O)c2c(c1)O[C@H](c1cc(O)c(O)cc1-c1c([C@H]3Oc4cc(O)cc(O)c4C[C@H]3O)cc(O)c(O)c1O)[C@H](O)C2. The monoisotopic (exact) mass is 594 g/mol. The van der Waals surface area contributed by atoms with Crippen LogP contribution in [0.2, 0.25) is 0 Å². The summed E-state index contributed by atoms with van der Waals surface area (Å²) >= 11 is 0. The van der Waals surface area contributed by atoms with Crippen molar-refractivity contribution in [1.29, 1.82) is 0 Å². The van der Waals surface area contributed by atoms with Crippen LogP contribution in [0.5, 0.6) is 63.2 Å². The zero-order valence-electron chi connectivity index (χ0n) is 22.0. The van der Waals surface area contributed by atoms with Gasteiger partial charge in [-0.2, -0.15) is 0 Å². The minimum atomic E-state index is -1.41. The minimum Gasteiger partial charge on any atom is -0.508 e. The number of ether oxygens (including phenoxy) is 2. The Kier molecular flexibility index (Phi) is 6.36. The number of benzene rings is 4. The molecule has 2 heterocycles. The first-order chi connectivity index (χ1) is 20.3. The van der Waals surface area contributed by atoms with Crippen molar-refractivity contribution in [2.75, 3.05) is 0 Å². The van der Waals surface area contributed by atoms with Crippen molar-refractivity contribution < 1.29 is 65.6 Å². The number of phenolic OH excluding ortho intramolecular Hbond substituents is 9. The van der Waals surface area contributed by atoms with Gasteiger partial charge in [-0.15, -0.1) is 0 Å². The second-order valence-corrected chi connectivity index (χ2v) is 10.5. The molecular weight excluding hydrogens is 568 g/mol. The molecule has 4 aromatic carbocycles. The summed E-state index contributed by atoms with van der Waals surface area (Å²) in [5.74, 6) is -5.34. The van der Waals surface area contributed by atoms with Gasteiger partial charge < -0.3 is 65.6 Å². The Morgan fingerprint density at radius 2 is 0.953 bits per heavy atom.